The van der Waals surface area contributed by atoms with Gasteiger partial charge in [0.2, 0.25) is 0 Å². The van der Waals surface area contributed by atoms with Gasteiger partial charge in [0.25, 0.3) is 5.91 Å². The predicted octanol–water partition coefficient (Wildman–Crippen LogP) is 2.49. The van der Waals surface area contributed by atoms with Crippen LogP contribution in [0.25, 0.3) is 0 Å². The second-order valence-electron chi connectivity index (χ2n) is 6.93. The Hall–Kier alpha value is -2.08. The van der Waals surface area contributed by atoms with Crippen LogP contribution in [0.2, 0.25) is 0 Å². The molecule has 4 rings (SSSR count). The molecule has 1 amide bonds. The first kappa shape index (κ1) is 15.4. The van der Waals surface area contributed by atoms with Crippen molar-refractivity contribution in [1.29, 1.82) is 0 Å². The lowest BCUT2D eigenvalue weighted by molar-refractivity contribution is 0.0619. The van der Waals surface area contributed by atoms with Gasteiger partial charge in [-0.1, -0.05) is 0 Å². The summed E-state index contributed by atoms with van der Waals surface area (Å²) in [6.07, 6.45) is 6.00. The molecule has 2 aliphatic rings. The van der Waals surface area contributed by atoms with E-state index in [9.17, 15) is 4.79 Å². The van der Waals surface area contributed by atoms with Crippen LogP contribution < -0.4 is 0 Å². The van der Waals surface area contributed by atoms with Crippen molar-refractivity contribution in [2.75, 3.05) is 19.8 Å². The molecule has 24 heavy (non-hydrogen) atoms. The Morgan fingerprint density at radius 2 is 2.25 bits per heavy atom. The minimum absolute atomic E-state index is 0.0166. The zero-order valence-corrected chi connectivity index (χ0v) is 14.2. The van der Waals surface area contributed by atoms with E-state index in [0.29, 0.717) is 31.0 Å². The highest BCUT2D eigenvalue weighted by molar-refractivity contribution is 5.95. The lowest BCUT2D eigenvalue weighted by Crippen LogP contribution is -2.40. The van der Waals surface area contributed by atoms with Gasteiger partial charge in [-0.25, -0.2) is 0 Å². The quantitative estimate of drug-likeness (QED) is 0.845. The van der Waals surface area contributed by atoms with Crippen LogP contribution in [-0.2, 0) is 18.3 Å². The van der Waals surface area contributed by atoms with E-state index < -0.39 is 0 Å². The largest absolute Gasteiger partial charge is 0.469 e. The number of hydrogen-bond donors (Lipinski definition) is 0. The Morgan fingerprint density at radius 1 is 1.42 bits per heavy atom. The zero-order chi connectivity index (χ0) is 16.7. The summed E-state index contributed by atoms with van der Waals surface area (Å²) in [4.78, 5) is 14.7. The fourth-order valence-electron chi connectivity index (χ4n) is 3.49. The number of rotatable bonds is 5. The molecule has 1 fully saturated rings. The monoisotopic (exact) mass is 329 g/mol. The van der Waals surface area contributed by atoms with E-state index in [1.807, 2.05) is 29.7 Å². The van der Waals surface area contributed by atoms with Crippen LogP contribution >= 0.6 is 0 Å². The number of fused-ring (bicyclic) bond motifs is 1. The summed E-state index contributed by atoms with van der Waals surface area (Å²) < 4.78 is 13.1. The molecule has 6 heteroatoms. The smallest absolute Gasteiger partial charge is 0.257 e. The van der Waals surface area contributed by atoms with Crippen LogP contribution in [0.5, 0.6) is 0 Å². The minimum atomic E-state index is 0.0166. The van der Waals surface area contributed by atoms with Crippen LogP contribution in [0.1, 0.15) is 46.1 Å². The molecule has 0 radical (unpaired) electrons. The number of carbonyl (C=O) groups excluding carboxylic acids is 1. The highest BCUT2D eigenvalue weighted by Gasteiger charge is 2.33. The van der Waals surface area contributed by atoms with Gasteiger partial charge in [-0.05, 0) is 31.7 Å². The number of amides is 1. The second kappa shape index (κ2) is 6.09. The second-order valence-corrected chi connectivity index (χ2v) is 6.93. The fourth-order valence-corrected chi connectivity index (χ4v) is 3.49. The van der Waals surface area contributed by atoms with Crippen molar-refractivity contribution < 1.29 is 13.9 Å². The van der Waals surface area contributed by atoms with E-state index in [1.54, 1.807) is 12.3 Å². The van der Waals surface area contributed by atoms with E-state index in [-0.39, 0.29) is 11.8 Å². The Labute approximate surface area is 141 Å². The number of nitrogens with zero attached hydrogens (tertiary/aromatic N) is 3. The molecule has 0 spiro atoms. The lowest BCUT2D eigenvalue weighted by Gasteiger charge is -2.33. The molecular formula is C18H23N3O3. The van der Waals surface area contributed by atoms with Crippen molar-refractivity contribution >= 4 is 5.91 Å². The maximum Gasteiger partial charge on any atom is 0.257 e. The van der Waals surface area contributed by atoms with Crippen LogP contribution in [-0.4, -0.2) is 40.3 Å². The summed E-state index contributed by atoms with van der Waals surface area (Å²) in [6, 6.07) is 1.75. The van der Waals surface area contributed by atoms with Gasteiger partial charge in [0.1, 0.15) is 5.76 Å². The van der Waals surface area contributed by atoms with Gasteiger partial charge in [0, 0.05) is 38.2 Å². The van der Waals surface area contributed by atoms with Gasteiger partial charge < -0.3 is 14.1 Å². The summed E-state index contributed by atoms with van der Waals surface area (Å²) >= 11 is 0. The first-order valence-electron chi connectivity index (χ1n) is 8.55. The molecule has 1 atom stereocenters. The average Bonchev–Trinajstić information content (AvgIpc) is 3.18. The molecule has 6 nitrogen and oxygen atoms in total. The molecule has 1 saturated carbocycles. The number of ether oxygens (including phenoxy) is 1. The highest BCUT2D eigenvalue weighted by Crippen LogP contribution is 2.32. The van der Waals surface area contributed by atoms with Gasteiger partial charge in [0.15, 0.2) is 0 Å². The van der Waals surface area contributed by atoms with E-state index in [1.165, 1.54) is 18.5 Å². The van der Waals surface area contributed by atoms with Crippen molar-refractivity contribution in [1.82, 2.24) is 14.7 Å². The molecule has 2 aromatic heterocycles. The number of furan rings is 1. The van der Waals surface area contributed by atoms with Crippen molar-refractivity contribution in [2.45, 2.75) is 32.2 Å². The third kappa shape index (κ3) is 2.86. The molecule has 3 heterocycles. The third-order valence-electron chi connectivity index (χ3n) is 5.00. The van der Waals surface area contributed by atoms with Crippen LogP contribution in [0, 0.1) is 12.8 Å². The van der Waals surface area contributed by atoms with E-state index in [0.717, 1.165) is 18.1 Å². The molecule has 1 aliphatic heterocycles. The first-order chi connectivity index (χ1) is 11.6. The van der Waals surface area contributed by atoms with Gasteiger partial charge in [0.05, 0.1) is 30.3 Å². The third-order valence-corrected chi connectivity index (χ3v) is 5.00. The van der Waals surface area contributed by atoms with E-state index in [4.69, 9.17) is 9.15 Å². The standard InChI is InChI=1S/C18H23N3O3/c1-12-16(5-6-24-12)18(22)21-8-14-7-19-20(2)17(14)15(9-21)11-23-10-13-3-4-13/h5-7,13,15H,3-4,8-11H2,1-2H3/t15-/m0/s1. The normalized spacial score (nSPS) is 20.2. The average molecular weight is 329 g/mol. The van der Waals surface area contributed by atoms with Crippen molar-refractivity contribution in [2.24, 2.45) is 13.0 Å². The fraction of sp³-hybridized carbons (Fsp3) is 0.556. The molecule has 0 bridgehead atoms. The van der Waals surface area contributed by atoms with Gasteiger partial charge in [-0.3, -0.25) is 9.48 Å². The maximum atomic E-state index is 12.8. The summed E-state index contributed by atoms with van der Waals surface area (Å²) in [5.74, 6) is 1.59. The number of hydrogen-bond acceptors (Lipinski definition) is 4. The predicted molar refractivity (Wildman–Crippen MR) is 87.7 cm³/mol. The number of aromatic nitrogens is 2. The topological polar surface area (TPSA) is 60.5 Å². The van der Waals surface area contributed by atoms with E-state index in [2.05, 4.69) is 5.10 Å². The zero-order valence-electron chi connectivity index (χ0n) is 14.2. The Kier molecular flexibility index (Phi) is 3.92. The Morgan fingerprint density at radius 3 is 2.96 bits per heavy atom. The molecule has 128 valence electrons. The first-order valence-corrected chi connectivity index (χ1v) is 8.55. The summed E-state index contributed by atoms with van der Waals surface area (Å²) in [5, 5.41) is 4.38. The number of aryl methyl sites for hydroxylation is 2. The summed E-state index contributed by atoms with van der Waals surface area (Å²) in [6.45, 7) is 4.53. The van der Waals surface area contributed by atoms with Crippen molar-refractivity contribution in [3.8, 4) is 0 Å². The molecule has 0 saturated heterocycles. The van der Waals surface area contributed by atoms with Crippen LogP contribution in [0.4, 0.5) is 0 Å². The Bertz CT molecular complexity index is 745. The SMILES string of the molecule is Cc1occc1C(=O)N1Cc2cnn(C)c2[C@H](COCC2CC2)C1. The summed E-state index contributed by atoms with van der Waals surface area (Å²) in [7, 11) is 1.96. The highest BCUT2D eigenvalue weighted by atomic mass is 16.5. The van der Waals surface area contributed by atoms with Gasteiger partial charge in [-0.15, -0.1) is 0 Å². The van der Waals surface area contributed by atoms with Crippen LogP contribution in [0.3, 0.4) is 0 Å². The summed E-state index contributed by atoms with van der Waals surface area (Å²) in [5.41, 5.74) is 2.94. The molecular weight excluding hydrogens is 306 g/mol. The van der Waals surface area contributed by atoms with Crippen molar-refractivity contribution in [3.63, 3.8) is 0 Å². The molecule has 0 unspecified atom stereocenters. The number of carbonyl (C=O) groups is 1. The molecule has 1 aliphatic carbocycles. The van der Waals surface area contributed by atoms with Crippen molar-refractivity contribution in [3.05, 3.63) is 41.1 Å². The maximum absolute atomic E-state index is 12.8. The van der Waals surface area contributed by atoms with Gasteiger partial charge in [-0.2, -0.15) is 5.10 Å². The Balaban J connectivity index is 1.53. The molecule has 0 aromatic carbocycles. The minimum Gasteiger partial charge on any atom is -0.469 e. The van der Waals surface area contributed by atoms with E-state index >= 15 is 0 Å². The molecule has 2 aromatic rings. The van der Waals surface area contributed by atoms with Gasteiger partial charge >= 0.3 is 0 Å². The molecule has 0 N–H and O–H groups in total. The van der Waals surface area contributed by atoms with Crippen LogP contribution in [0.15, 0.2) is 22.9 Å². The lowest BCUT2D eigenvalue weighted by atomic mass is 9.96.